The minimum Gasteiger partial charge on any atom is -0.393 e. The van der Waals surface area contributed by atoms with E-state index in [0.717, 1.165) is 55.6 Å². The van der Waals surface area contributed by atoms with Gasteiger partial charge < -0.3 is 15.3 Å². The van der Waals surface area contributed by atoms with Crippen LogP contribution in [-0.4, -0.2) is 32.6 Å². The Hall–Kier alpha value is -0.900. The molecule has 1 fully saturated rings. The molecule has 1 saturated carbocycles. The zero-order valence-corrected chi connectivity index (χ0v) is 22.9. The molecule has 6 atom stereocenters. The molecule has 0 aromatic rings. The third kappa shape index (κ3) is 6.26. The van der Waals surface area contributed by atoms with E-state index in [-0.39, 0.29) is 0 Å². The lowest BCUT2D eigenvalue weighted by atomic mass is 9.62. The molecule has 3 aliphatic rings. The molecule has 0 aliphatic heterocycles. The van der Waals surface area contributed by atoms with Crippen molar-refractivity contribution in [3.8, 4) is 0 Å². The van der Waals surface area contributed by atoms with Gasteiger partial charge in [0.15, 0.2) is 0 Å². The lowest BCUT2D eigenvalue weighted by molar-refractivity contribution is 0.0000958. The van der Waals surface area contributed by atoms with Gasteiger partial charge in [-0.3, -0.25) is 0 Å². The normalized spacial score (nSPS) is 35.6. The van der Waals surface area contributed by atoms with Crippen molar-refractivity contribution in [3.63, 3.8) is 0 Å². The molecule has 0 amide bonds. The van der Waals surface area contributed by atoms with Gasteiger partial charge in [-0.15, -0.1) is 0 Å². The van der Waals surface area contributed by atoms with Crippen molar-refractivity contribution >= 4 is 0 Å². The third-order valence-electron chi connectivity index (χ3n) is 9.64. The topological polar surface area (TPSA) is 60.7 Å². The predicted octanol–water partition coefficient (Wildman–Crippen LogP) is 7.27. The minimum atomic E-state index is -0.861. The lowest BCUT2D eigenvalue weighted by Crippen LogP contribution is -2.39. The van der Waals surface area contributed by atoms with Gasteiger partial charge in [0.05, 0.1) is 17.3 Å². The van der Waals surface area contributed by atoms with Crippen LogP contribution in [0.3, 0.4) is 0 Å². The van der Waals surface area contributed by atoms with Crippen LogP contribution in [0.5, 0.6) is 0 Å². The fraction of sp³-hybridized carbons (Fsp3) is 0.806. The summed E-state index contributed by atoms with van der Waals surface area (Å²) in [7, 11) is 0. The fourth-order valence-electron chi connectivity index (χ4n) is 7.51. The third-order valence-corrected chi connectivity index (χ3v) is 9.64. The van der Waals surface area contributed by atoms with Crippen molar-refractivity contribution < 1.29 is 15.3 Å². The van der Waals surface area contributed by atoms with Gasteiger partial charge in [-0.25, -0.2) is 0 Å². The highest BCUT2D eigenvalue weighted by Crippen LogP contribution is 2.59. The van der Waals surface area contributed by atoms with E-state index in [0.29, 0.717) is 30.1 Å². The molecule has 3 nitrogen and oxygen atoms in total. The summed E-state index contributed by atoms with van der Waals surface area (Å²) in [5.74, 6) is 2.04. The average molecular weight is 473 g/mol. The van der Waals surface area contributed by atoms with Crippen LogP contribution >= 0.6 is 0 Å². The molecular formula is C31H52O3. The molecule has 3 aliphatic carbocycles. The number of allylic oxidation sites excluding steroid dienone is 4. The number of hydrogen-bond donors (Lipinski definition) is 3. The van der Waals surface area contributed by atoms with Crippen LogP contribution < -0.4 is 0 Å². The van der Waals surface area contributed by atoms with Crippen molar-refractivity contribution in [1.29, 1.82) is 0 Å². The van der Waals surface area contributed by atoms with E-state index in [1.165, 1.54) is 31.3 Å². The Kier molecular flexibility index (Phi) is 8.97. The van der Waals surface area contributed by atoms with E-state index in [1.54, 1.807) is 0 Å². The number of rotatable bonds is 10. The van der Waals surface area contributed by atoms with Gasteiger partial charge in [-0.2, -0.15) is 0 Å². The van der Waals surface area contributed by atoms with Crippen molar-refractivity contribution in [1.82, 2.24) is 0 Å². The minimum absolute atomic E-state index is 0.347. The smallest absolute Gasteiger partial charge is 0.0884 e. The Bertz CT molecular complexity index is 785. The molecule has 0 spiro atoms. The average Bonchev–Trinajstić information content (AvgIpc) is 3.10. The van der Waals surface area contributed by atoms with Gasteiger partial charge in [-0.05, 0) is 106 Å². The molecule has 0 saturated heterocycles. The second-order valence-electron chi connectivity index (χ2n) is 12.8. The van der Waals surface area contributed by atoms with Gasteiger partial charge in [0, 0.05) is 6.42 Å². The molecule has 0 aromatic heterocycles. The molecule has 3 rings (SSSR count). The van der Waals surface area contributed by atoms with Crippen molar-refractivity contribution in [2.75, 3.05) is 0 Å². The monoisotopic (exact) mass is 472 g/mol. The first-order valence-corrected chi connectivity index (χ1v) is 14.1. The predicted molar refractivity (Wildman–Crippen MR) is 143 cm³/mol. The van der Waals surface area contributed by atoms with Gasteiger partial charge in [0.1, 0.15) is 0 Å². The number of fused-ring (bicyclic) bond motifs is 1. The number of hydrogen-bond acceptors (Lipinski definition) is 3. The van der Waals surface area contributed by atoms with Crippen LogP contribution in [0.2, 0.25) is 0 Å². The Labute approximate surface area is 209 Å². The van der Waals surface area contributed by atoms with E-state index in [1.807, 2.05) is 13.8 Å². The molecule has 0 unspecified atom stereocenters. The summed E-state index contributed by atoms with van der Waals surface area (Å²) in [6.07, 6.45) is 18.6. The highest BCUT2D eigenvalue weighted by Gasteiger charge is 2.49. The Morgan fingerprint density at radius 1 is 1.21 bits per heavy atom. The second-order valence-corrected chi connectivity index (χ2v) is 12.8. The van der Waals surface area contributed by atoms with Gasteiger partial charge in [0.2, 0.25) is 0 Å². The highest BCUT2D eigenvalue weighted by atomic mass is 16.3. The van der Waals surface area contributed by atoms with Crippen LogP contribution in [0.15, 0.2) is 34.9 Å². The highest BCUT2D eigenvalue weighted by molar-refractivity contribution is 5.39. The van der Waals surface area contributed by atoms with Crippen molar-refractivity contribution in [2.45, 2.75) is 136 Å². The number of aliphatic hydroxyl groups excluding tert-OH is 1. The van der Waals surface area contributed by atoms with Crippen LogP contribution in [0.1, 0.15) is 119 Å². The summed E-state index contributed by atoms with van der Waals surface area (Å²) in [4.78, 5) is 0. The molecule has 0 heterocycles. The first-order chi connectivity index (χ1) is 15.9. The van der Waals surface area contributed by atoms with Gasteiger partial charge >= 0.3 is 0 Å². The molecular weight excluding hydrogens is 420 g/mol. The first-order valence-electron chi connectivity index (χ1n) is 14.1. The van der Waals surface area contributed by atoms with Crippen LogP contribution in [-0.2, 0) is 0 Å². The summed E-state index contributed by atoms with van der Waals surface area (Å²) < 4.78 is 0. The summed E-state index contributed by atoms with van der Waals surface area (Å²) >= 11 is 0. The van der Waals surface area contributed by atoms with Crippen LogP contribution in [0.25, 0.3) is 0 Å². The summed E-state index contributed by atoms with van der Waals surface area (Å²) in [5, 5.41) is 31.9. The molecule has 34 heavy (non-hydrogen) atoms. The van der Waals surface area contributed by atoms with E-state index in [9.17, 15) is 15.3 Å². The molecule has 3 heteroatoms. The summed E-state index contributed by atoms with van der Waals surface area (Å²) in [5.41, 5.74) is 2.58. The largest absolute Gasteiger partial charge is 0.393 e. The standard InChI is InChI=1S/C31H52O3/c1-7-8-19-31(34)21-26(32)20-25(23(31)3)14-13-24-12-10-18-30(6)27(15-16-28(24)30)22(2)11-9-17-29(4,5)33/h12-14,22,26-28,32-34H,7-11,15-21H2,1-6H3/b14-13-/t22-,26-,27-,28+,30-,31+/m1/s1. The quantitative estimate of drug-likeness (QED) is 0.313. The fourth-order valence-corrected chi connectivity index (χ4v) is 7.51. The van der Waals surface area contributed by atoms with E-state index < -0.39 is 17.3 Å². The SMILES string of the molecule is CCCC[C@]1(O)C[C@H](O)CC(/C=C\C2=CCC[C@]3(C)[C@@H]([C@H](C)CCCC(C)(C)O)CC[C@@H]23)=C1C. The zero-order valence-electron chi connectivity index (χ0n) is 22.9. The maximum atomic E-state index is 11.3. The molecule has 194 valence electrons. The van der Waals surface area contributed by atoms with Gasteiger partial charge in [0.25, 0.3) is 0 Å². The van der Waals surface area contributed by atoms with Crippen LogP contribution in [0, 0.1) is 23.2 Å². The van der Waals surface area contributed by atoms with Crippen molar-refractivity contribution in [3.05, 3.63) is 34.9 Å². The maximum Gasteiger partial charge on any atom is 0.0884 e. The van der Waals surface area contributed by atoms with Crippen molar-refractivity contribution in [2.24, 2.45) is 23.2 Å². The maximum absolute atomic E-state index is 11.3. The van der Waals surface area contributed by atoms with E-state index in [2.05, 4.69) is 45.9 Å². The van der Waals surface area contributed by atoms with E-state index in [4.69, 9.17) is 0 Å². The van der Waals surface area contributed by atoms with Gasteiger partial charge in [-0.1, -0.05) is 64.7 Å². The second kappa shape index (κ2) is 11.0. The Morgan fingerprint density at radius 2 is 1.94 bits per heavy atom. The van der Waals surface area contributed by atoms with Crippen LogP contribution in [0.4, 0.5) is 0 Å². The Morgan fingerprint density at radius 3 is 2.62 bits per heavy atom. The summed E-state index contributed by atoms with van der Waals surface area (Å²) in [6.45, 7) is 13.0. The Balaban J connectivity index is 1.72. The molecule has 3 N–H and O–H groups in total. The zero-order chi connectivity index (χ0) is 25.1. The van der Waals surface area contributed by atoms with E-state index >= 15 is 0 Å². The summed E-state index contributed by atoms with van der Waals surface area (Å²) in [6, 6.07) is 0. The molecule has 0 bridgehead atoms. The number of aliphatic hydroxyl groups is 3. The number of unbranched alkanes of at least 4 members (excludes halogenated alkanes) is 1. The molecule has 0 radical (unpaired) electrons. The first kappa shape index (κ1) is 27.7. The lowest BCUT2D eigenvalue weighted by Gasteiger charge is -2.43. The molecule has 0 aromatic carbocycles.